The maximum atomic E-state index is 15.8. The van der Waals surface area contributed by atoms with Crippen molar-refractivity contribution in [2.24, 2.45) is 0 Å². The molecule has 1 atom stereocenters. The summed E-state index contributed by atoms with van der Waals surface area (Å²) in [6.07, 6.45) is 4.02. The van der Waals surface area contributed by atoms with Gasteiger partial charge in [0.15, 0.2) is 5.60 Å². The van der Waals surface area contributed by atoms with E-state index in [-0.39, 0.29) is 0 Å². The van der Waals surface area contributed by atoms with Gasteiger partial charge >= 0.3 is 5.92 Å². The normalized spacial score (nSPS) is 13.0. The molecule has 4 nitrogen and oxygen atoms in total. The Morgan fingerprint density at radius 1 is 0.824 bits per heavy atom. The minimum atomic E-state index is -4.17. The summed E-state index contributed by atoms with van der Waals surface area (Å²) in [6, 6.07) is 10.9. The highest BCUT2D eigenvalue weighted by molar-refractivity contribution is 6.30. The summed E-state index contributed by atoms with van der Waals surface area (Å²) in [5.74, 6) is -0.875. The highest BCUT2D eigenvalue weighted by Crippen LogP contribution is 2.49. The van der Waals surface area contributed by atoms with Crippen molar-refractivity contribution in [2.45, 2.75) is 11.5 Å². The molecule has 0 radical (unpaired) electrons. The molecule has 0 aliphatic heterocycles. The van der Waals surface area contributed by atoms with Gasteiger partial charge < -0.3 is 5.11 Å². The summed E-state index contributed by atoms with van der Waals surface area (Å²) in [5.41, 5.74) is -4.52. The number of alkyl halides is 2. The van der Waals surface area contributed by atoms with Crippen LogP contribution in [0.3, 0.4) is 0 Å². The van der Waals surface area contributed by atoms with E-state index in [1.807, 2.05) is 0 Å². The Kier molecular flexibility index (Phi) is 6.33. The first-order valence-corrected chi connectivity index (χ1v) is 10.1. The number of nitrogens with zero attached hydrogens (tertiary/aromatic N) is 3. The van der Waals surface area contributed by atoms with Crippen molar-refractivity contribution in [3.05, 3.63) is 124 Å². The molecule has 0 bridgehead atoms. The van der Waals surface area contributed by atoms with Crippen LogP contribution in [-0.2, 0) is 11.5 Å². The van der Waals surface area contributed by atoms with Gasteiger partial charge in [0.1, 0.15) is 23.7 Å². The quantitative estimate of drug-likeness (QED) is 0.319. The molecule has 0 spiro atoms. The minimum absolute atomic E-state index is 0.328. The average molecular weight is 484 g/mol. The summed E-state index contributed by atoms with van der Waals surface area (Å²) in [4.78, 5) is 11.1. The molecule has 4 aromatic rings. The molecule has 4 rings (SSSR count). The van der Waals surface area contributed by atoms with Crippen LogP contribution in [0, 0.1) is 23.5 Å². The monoisotopic (exact) mass is 483 g/mol. The van der Waals surface area contributed by atoms with Crippen molar-refractivity contribution in [2.75, 3.05) is 0 Å². The number of hydrogen-bond acceptors (Lipinski definition) is 4. The Morgan fingerprint density at radius 2 is 1.47 bits per heavy atom. The van der Waals surface area contributed by atoms with Crippen LogP contribution in [-0.4, -0.2) is 20.1 Å². The Bertz CT molecular complexity index is 1370. The Morgan fingerprint density at radius 3 is 2.09 bits per heavy atom. The second kappa shape index (κ2) is 9.21. The highest BCUT2D eigenvalue weighted by Gasteiger charge is 2.58. The average Bonchev–Trinajstić information content (AvgIpc) is 2.84. The van der Waals surface area contributed by atoms with E-state index in [0.29, 0.717) is 22.2 Å². The fourth-order valence-corrected chi connectivity index (χ4v) is 3.42. The van der Waals surface area contributed by atoms with Gasteiger partial charge in [-0.25, -0.2) is 18.7 Å². The van der Waals surface area contributed by atoms with E-state index >= 15 is 8.78 Å². The predicted molar refractivity (Wildman–Crippen MR) is 117 cm³/mol. The van der Waals surface area contributed by atoms with Gasteiger partial charge in [-0.2, -0.15) is 8.78 Å². The molecule has 0 saturated heterocycles. The third-order valence-corrected chi connectivity index (χ3v) is 5.29. The van der Waals surface area contributed by atoms with Crippen molar-refractivity contribution in [3.8, 4) is 11.8 Å². The van der Waals surface area contributed by atoms with E-state index in [4.69, 9.17) is 11.6 Å². The first-order valence-electron chi connectivity index (χ1n) is 9.77. The van der Waals surface area contributed by atoms with Gasteiger partial charge in [-0.3, -0.25) is 4.98 Å². The van der Waals surface area contributed by atoms with Gasteiger partial charge in [-0.05, 0) is 48.5 Å². The van der Waals surface area contributed by atoms with Crippen molar-refractivity contribution in [3.63, 3.8) is 0 Å². The second-order valence-corrected chi connectivity index (χ2v) is 7.66. The van der Waals surface area contributed by atoms with Crippen LogP contribution < -0.4 is 0 Å². The van der Waals surface area contributed by atoms with Gasteiger partial charge in [0, 0.05) is 51.9 Å². The zero-order chi connectivity index (χ0) is 24.3. The van der Waals surface area contributed by atoms with E-state index in [0.717, 1.165) is 43.1 Å². The third-order valence-electron chi connectivity index (χ3n) is 5.03. The van der Waals surface area contributed by atoms with Gasteiger partial charge in [-0.15, -0.1) is 0 Å². The molecule has 1 N–H and O–H groups in total. The second-order valence-electron chi connectivity index (χ2n) is 7.23. The van der Waals surface area contributed by atoms with Crippen molar-refractivity contribution >= 4 is 11.6 Å². The van der Waals surface area contributed by atoms with Crippen LogP contribution in [0.15, 0.2) is 79.5 Å². The first kappa shape index (κ1) is 23.4. The van der Waals surface area contributed by atoms with E-state index in [1.165, 1.54) is 6.07 Å². The van der Waals surface area contributed by atoms with Crippen LogP contribution in [0.5, 0.6) is 0 Å². The van der Waals surface area contributed by atoms with Gasteiger partial charge in [0.25, 0.3) is 0 Å². The zero-order valence-corrected chi connectivity index (χ0v) is 17.9. The number of aromatic nitrogens is 3. The van der Waals surface area contributed by atoms with Gasteiger partial charge in [0.2, 0.25) is 0 Å². The summed E-state index contributed by atoms with van der Waals surface area (Å²) < 4.78 is 59.7. The zero-order valence-electron chi connectivity index (χ0n) is 17.2. The maximum absolute atomic E-state index is 15.8. The summed E-state index contributed by atoms with van der Waals surface area (Å²) >= 11 is 5.83. The standard InChI is InChI=1S/C25H14ClF4N3O/c26-19-6-3-16(4-7-19)1-2-17-5-10-23(33-12-17)25(29,30)24(34,18-13-31-15-32-14-18)21-9-8-20(27)11-22(21)28/h3-15,34H. The SMILES string of the molecule is OC(c1cncnc1)(c1ccc(F)cc1F)C(F)(F)c1ccc(C#Cc2ccc(Cl)cc2)cn1. The van der Waals surface area contributed by atoms with Gasteiger partial charge in [-0.1, -0.05) is 23.4 Å². The fourth-order valence-electron chi connectivity index (χ4n) is 3.29. The lowest BCUT2D eigenvalue weighted by molar-refractivity contribution is -0.175. The molecule has 2 aromatic heterocycles. The number of pyridine rings is 1. The topological polar surface area (TPSA) is 58.9 Å². The van der Waals surface area contributed by atoms with Gasteiger partial charge in [0.05, 0.1) is 0 Å². The lowest BCUT2D eigenvalue weighted by Crippen LogP contribution is -2.45. The molecule has 0 aliphatic rings. The van der Waals surface area contributed by atoms with E-state index in [2.05, 4.69) is 26.8 Å². The van der Waals surface area contributed by atoms with Crippen molar-refractivity contribution in [1.82, 2.24) is 15.0 Å². The molecule has 0 saturated carbocycles. The smallest absolute Gasteiger partial charge is 0.326 e. The molecule has 0 amide bonds. The molecule has 9 heteroatoms. The van der Waals surface area contributed by atoms with E-state index in [9.17, 15) is 13.9 Å². The van der Waals surface area contributed by atoms with Crippen molar-refractivity contribution < 1.29 is 22.7 Å². The molecule has 2 heterocycles. The lowest BCUT2D eigenvalue weighted by Gasteiger charge is -2.36. The Labute approximate surface area is 196 Å². The summed E-state index contributed by atoms with van der Waals surface area (Å²) in [5, 5.41) is 11.8. The summed E-state index contributed by atoms with van der Waals surface area (Å²) in [6.45, 7) is 0. The molecule has 0 aliphatic carbocycles. The molecule has 1 unspecified atom stereocenters. The maximum Gasteiger partial charge on any atom is 0.326 e. The largest absolute Gasteiger partial charge is 0.374 e. The number of aliphatic hydroxyl groups is 1. The van der Waals surface area contributed by atoms with Crippen molar-refractivity contribution in [1.29, 1.82) is 0 Å². The molecule has 34 heavy (non-hydrogen) atoms. The predicted octanol–water partition coefficient (Wildman–Crippen LogP) is 5.23. The lowest BCUT2D eigenvalue weighted by atomic mass is 9.80. The van der Waals surface area contributed by atoms with Crippen LogP contribution in [0.2, 0.25) is 5.02 Å². The first-order chi connectivity index (χ1) is 16.2. The molecular formula is C25H14ClF4N3O. The Balaban J connectivity index is 1.76. The fraction of sp³-hybridized carbons (Fsp3) is 0.0800. The Hall–Kier alpha value is -3.80. The van der Waals surface area contributed by atoms with Crippen LogP contribution in [0.25, 0.3) is 0 Å². The molecular weight excluding hydrogens is 470 g/mol. The number of benzene rings is 2. The van der Waals surface area contributed by atoms with Crippen LogP contribution in [0.4, 0.5) is 17.6 Å². The third kappa shape index (κ3) is 4.36. The molecule has 2 aromatic carbocycles. The number of halogens is 5. The van der Waals surface area contributed by atoms with Crippen LogP contribution in [0.1, 0.15) is 27.9 Å². The minimum Gasteiger partial charge on any atom is -0.374 e. The number of rotatable bonds is 4. The summed E-state index contributed by atoms with van der Waals surface area (Å²) in [7, 11) is 0. The highest BCUT2D eigenvalue weighted by atomic mass is 35.5. The van der Waals surface area contributed by atoms with E-state index in [1.54, 1.807) is 24.3 Å². The number of hydrogen-bond donors (Lipinski definition) is 1. The van der Waals surface area contributed by atoms with Crippen LogP contribution >= 0.6 is 11.6 Å². The molecule has 170 valence electrons. The molecule has 0 fully saturated rings. The van der Waals surface area contributed by atoms with E-state index < -0.39 is 40.0 Å².